The third kappa shape index (κ3) is 5.90. The summed E-state index contributed by atoms with van der Waals surface area (Å²) >= 11 is 5.83. The van der Waals surface area contributed by atoms with E-state index in [1.165, 1.54) is 22.9 Å². The number of nitrogens with one attached hydrogen (secondary N) is 2. The lowest BCUT2D eigenvalue weighted by Gasteiger charge is -2.32. The molecular formula is C26H28ClFN6O5. The molecule has 0 unspecified atom stereocenters. The van der Waals surface area contributed by atoms with E-state index in [0.29, 0.717) is 10.9 Å². The minimum absolute atomic E-state index is 0.00892. The normalized spacial score (nSPS) is 15.4. The zero-order valence-electron chi connectivity index (χ0n) is 21.5. The van der Waals surface area contributed by atoms with Crippen LogP contribution in [0.4, 0.5) is 24.5 Å². The number of rotatable bonds is 4. The molecule has 0 bridgehead atoms. The fourth-order valence-corrected chi connectivity index (χ4v) is 4.44. The van der Waals surface area contributed by atoms with Crippen molar-refractivity contribution in [3.8, 4) is 0 Å². The minimum Gasteiger partial charge on any atom is -0.442 e. The number of halogens is 2. The van der Waals surface area contributed by atoms with Crippen molar-refractivity contribution in [2.75, 3.05) is 11.9 Å². The van der Waals surface area contributed by atoms with Crippen LogP contribution >= 0.6 is 11.6 Å². The van der Waals surface area contributed by atoms with Crippen LogP contribution in [0.25, 0.3) is 10.9 Å². The molecule has 2 aromatic carbocycles. The summed E-state index contributed by atoms with van der Waals surface area (Å²) in [6.07, 6.45) is 0.628. The monoisotopic (exact) mass is 558 g/mol. The third-order valence-electron chi connectivity index (χ3n) is 5.96. The predicted octanol–water partition coefficient (Wildman–Crippen LogP) is 4.44. The van der Waals surface area contributed by atoms with Crippen molar-refractivity contribution < 1.29 is 28.3 Å². The molecule has 0 saturated carbocycles. The van der Waals surface area contributed by atoms with Crippen LogP contribution in [0, 0.1) is 5.82 Å². The molecule has 1 saturated heterocycles. The number of amides is 5. The van der Waals surface area contributed by atoms with Gasteiger partial charge in [0.2, 0.25) is 5.91 Å². The van der Waals surface area contributed by atoms with Crippen molar-refractivity contribution >= 4 is 52.3 Å². The van der Waals surface area contributed by atoms with E-state index in [1.54, 1.807) is 51.1 Å². The fraction of sp³-hybridized carbons (Fsp3) is 0.308. The van der Waals surface area contributed by atoms with Crippen LogP contribution < -0.4 is 16.4 Å². The maximum Gasteiger partial charge on any atom is 0.429 e. The molecule has 206 valence electrons. The largest absolute Gasteiger partial charge is 0.442 e. The molecule has 0 radical (unpaired) electrons. The number of fused-ring (bicyclic) bond motifs is 1. The number of para-hydroxylation sites is 1. The first-order valence-electron chi connectivity index (χ1n) is 12.1. The highest BCUT2D eigenvalue weighted by atomic mass is 35.5. The number of hydrazine groups is 1. The topological polar surface area (TPSA) is 139 Å². The standard InChI is InChI=1S/C26H28ClFN6O5/c1-26(2,3)39-25(38)33-12-11-20(22(35)30-13-15-7-6-9-17(27)21(15)28)34(33)24(37)31-18-14-32(23(29)36)19-10-5-4-8-16(18)19/h4-10,14,20H,11-13H2,1-3H3,(H2,29,36)(H,30,35)(H,31,37)/t20-/m0/s1. The second-order valence-electron chi connectivity index (χ2n) is 9.88. The Labute approximate surface area is 228 Å². The van der Waals surface area contributed by atoms with Crippen LogP contribution in [0.5, 0.6) is 0 Å². The summed E-state index contributed by atoms with van der Waals surface area (Å²) in [5.74, 6) is -1.28. The SMILES string of the molecule is CC(C)(C)OC(=O)N1CC[C@@H](C(=O)NCc2cccc(Cl)c2F)N1C(=O)Nc1cn(C(N)=O)c2ccccc12. The van der Waals surface area contributed by atoms with Gasteiger partial charge in [-0.1, -0.05) is 41.9 Å². The molecule has 2 heterocycles. The summed E-state index contributed by atoms with van der Waals surface area (Å²) in [6, 6.07) is 8.49. The smallest absolute Gasteiger partial charge is 0.429 e. The zero-order chi connectivity index (χ0) is 28.5. The second-order valence-corrected chi connectivity index (χ2v) is 10.3. The molecule has 3 aromatic rings. The lowest BCUT2D eigenvalue weighted by molar-refractivity contribution is -0.127. The molecule has 1 fully saturated rings. The number of nitrogens with two attached hydrogens (primary N) is 1. The van der Waals surface area contributed by atoms with Gasteiger partial charge in [0, 0.05) is 30.2 Å². The van der Waals surface area contributed by atoms with Gasteiger partial charge >= 0.3 is 18.2 Å². The van der Waals surface area contributed by atoms with Gasteiger partial charge in [-0.15, -0.1) is 0 Å². The summed E-state index contributed by atoms with van der Waals surface area (Å²) in [5.41, 5.74) is 5.47. The van der Waals surface area contributed by atoms with Crippen molar-refractivity contribution in [1.82, 2.24) is 19.9 Å². The first kappa shape index (κ1) is 27.7. The molecule has 0 spiro atoms. The zero-order valence-corrected chi connectivity index (χ0v) is 22.3. The molecule has 1 aliphatic rings. The Morgan fingerprint density at radius 1 is 1.13 bits per heavy atom. The quantitative estimate of drug-likeness (QED) is 0.434. The van der Waals surface area contributed by atoms with E-state index in [9.17, 15) is 23.6 Å². The van der Waals surface area contributed by atoms with Gasteiger partial charge in [-0.3, -0.25) is 9.36 Å². The predicted molar refractivity (Wildman–Crippen MR) is 142 cm³/mol. The molecule has 4 rings (SSSR count). The van der Waals surface area contributed by atoms with E-state index in [2.05, 4.69) is 10.6 Å². The maximum atomic E-state index is 14.3. The highest BCUT2D eigenvalue weighted by molar-refractivity contribution is 6.30. The molecule has 1 atom stereocenters. The molecular weight excluding hydrogens is 531 g/mol. The summed E-state index contributed by atoms with van der Waals surface area (Å²) in [7, 11) is 0. The van der Waals surface area contributed by atoms with Gasteiger partial charge in [0.15, 0.2) is 0 Å². The Morgan fingerprint density at radius 2 is 1.85 bits per heavy atom. The molecule has 1 aliphatic heterocycles. The Balaban J connectivity index is 1.61. The van der Waals surface area contributed by atoms with E-state index in [0.717, 1.165) is 10.0 Å². The Kier molecular flexibility index (Phi) is 7.68. The molecule has 4 N–H and O–H groups in total. The average Bonchev–Trinajstić information content (AvgIpc) is 3.47. The van der Waals surface area contributed by atoms with E-state index >= 15 is 0 Å². The van der Waals surface area contributed by atoms with Crippen molar-refractivity contribution in [2.45, 2.75) is 45.4 Å². The minimum atomic E-state index is -1.12. The van der Waals surface area contributed by atoms with Crippen LogP contribution in [0.2, 0.25) is 5.02 Å². The van der Waals surface area contributed by atoms with Crippen molar-refractivity contribution in [2.24, 2.45) is 5.73 Å². The van der Waals surface area contributed by atoms with Gasteiger partial charge < -0.3 is 21.1 Å². The average molecular weight is 559 g/mol. The maximum absolute atomic E-state index is 14.3. The van der Waals surface area contributed by atoms with Crippen molar-refractivity contribution in [1.29, 1.82) is 0 Å². The van der Waals surface area contributed by atoms with Crippen LogP contribution in [0.1, 0.15) is 32.8 Å². The molecule has 11 nitrogen and oxygen atoms in total. The number of nitrogens with zero attached hydrogens (tertiary/aromatic N) is 3. The Bertz CT molecular complexity index is 1450. The van der Waals surface area contributed by atoms with E-state index < -0.39 is 41.5 Å². The summed E-state index contributed by atoms with van der Waals surface area (Å²) < 4.78 is 20.9. The number of anilines is 1. The molecule has 39 heavy (non-hydrogen) atoms. The summed E-state index contributed by atoms with van der Waals surface area (Å²) in [6.45, 7) is 4.85. The van der Waals surface area contributed by atoms with Crippen molar-refractivity contribution in [3.05, 3.63) is 65.1 Å². The number of aromatic nitrogens is 1. The highest BCUT2D eigenvalue weighted by Crippen LogP contribution is 2.28. The number of hydrogen-bond acceptors (Lipinski definition) is 5. The summed E-state index contributed by atoms with van der Waals surface area (Å²) in [5, 5.41) is 7.72. The number of hydrogen-bond donors (Lipinski definition) is 3. The van der Waals surface area contributed by atoms with Crippen LogP contribution in [0.3, 0.4) is 0 Å². The van der Waals surface area contributed by atoms with Gasteiger partial charge in [0.25, 0.3) is 0 Å². The molecule has 13 heteroatoms. The molecule has 5 amide bonds. The number of carbonyl (C=O) groups is 4. The molecule has 1 aromatic heterocycles. The number of benzene rings is 2. The molecule has 0 aliphatic carbocycles. The van der Waals surface area contributed by atoms with Gasteiger partial charge in [-0.05, 0) is 39.3 Å². The van der Waals surface area contributed by atoms with Gasteiger partial charge in [-0.2, -0.15) is 0 Å². The summed E-state index contributed by atoms with van der Waals surface area (Å²) in [4.78, 5) is 51.7. The third-order valence-corrected chi connectivity index (χ3v) is 6.25. The lowest BCUT2D eigenvalue weighted by Crippen LogP contribution is -2.55. The van der Waals surface area contributed by atoms with Gasteiger partial charge in [0.05, 0.1) is 16.2 Å². The van der Waals surface area contributed by atoms with Crippen LogP contribution in [-0.4, -0.2) is 56.8 Å². The Morgan fingerprint density at radius 3 is 2.54 bits per heavy atom. The van der Waals surface area contributed by atoms with Crippen molar-refractivity contribution in [3.63, 3.8) is 0 Å². The van der Waals surface area contributed by atoms with E-state index in [4.69, 9.17) is 22.1 Å². The fourth-order valence-electron chi connectivity index (χ4n) is 4.25. The first-order chi connectivity index (χ1) is 18.4. The van der Waals surface area contributed by atoms with Crippen LogP contribution in [-0.2, 0) is 16.1 Å². The number of primary amides is 1. The van der Waals surface area contributed by atoms with E-state index in [1.807, 2.05) is 0 Å². The Hall–Kier alpha value is -4.32. The second kappa shape index (κ2) is 10.8. The number of ether oxygens (including phenoxy) is 1. The number of urea groups is 1. The van der Waals surface area contributed by atoms with Gasteiger partial charge in [-0.25, -0.2) is 28.8 Å². The number of carbonyl (C=O) groups excluding carboxylic acids is 4. The highest BCUT2D eigenvalue weighted by Gasteiger charge is 2.44. The first-order valence-corrected chi connectivity index (χ1v) is 12.5. The van der Waals surface area contributed by atoms with Gasteiger partial charge in [0.1, 0.15) is 17.5 Å². The van der Waals surface area contributed by atoms with Crippen LogP contribution in [0.15, 0.2) is 48.7 Å². The van der Waals surface area contributed by atoms with E-state index in [-0.39, 0.29) is 35.8 Å². The lowest BCUT2D eigenvalue weighted by atomic mass is 10.2.